The Morgan fingerprint density at radius 3 is 1.55 bits per heavy atom. The smallest absolute Gasteiger partial charge is 0.290 e. The summed E-state index contributed by atoms with van der Waals surface area (Å²) in [6.45, 7) is 0.681. The Labute approximate surface area is 63.8 Å². The number of quaternary nitrogens is 1. The maximum Gasteiger partial charge on any atom is 0.290 e. The lowest BCUT2D eigenvalue weighted by Gasteiger charge is -1.52. The lowest BCUT2D eigenvalue weighted by molar-refractivity contribution is -0.283. The van der Waals surface area contributed by atoms with Gasteiger partial charge in [-0.1, -0.05) is 0 Å². The maximum atomic E-state index is 8.36. The molecular formula is C4H12N2O5. The standard InChI is InChI=1S/C2H3N.2CH2O2.H3N.H2O/c1-2-3;2*2-1-3;;/h1H3;2*1H,(H,2,3);1H3;1H2. The summed E-state index contributed by atoms with van der Waals surface area (Å²) in [5, 5.41) is 22.5. The Kier molecular flexibility index (Phi) is 775. The molecule has 0 saturated carbocycles. The summed E-state index contributed by atoms with van der Waals surface area (Å²) in [5.74, 6) is 0. The number of rotatable bonds is 0. The summed E-state index contributed by atoms with van der Waals surface area (Å²) in [6.07, 6.45) is 0. The number of carboxylic acid groups (broad SMARTS) is 2. The zero-order valence-electron chi connectivity index (χ0n) is 6.27. The fourth-order valence-electron chi connectivity index (χ4n) is 0. The molecular weight excluding hydrogens is 156 g/mol. The van der Waals surface area contributed by atoms with Gasteiger partial charge in [0.2, 0.25) is 0 Å². The molecule has 0 aliphatic rings. The third kappa shape index (κ3) is 124. The Morgan fingerprint density at radius 2 is 1.55 bits per heavy atom. The van der Waals surface area contributed by atoms with Gasteiger partial charge in [-0.2, -0.15) is 5.26 Å². The first-order valence-corrected chi connectivity index (χ1v) is 1.69. The third-order valence-corrected chi connectivity index (χ3v) is 0. The third-order valence-electron chi connectivity index (χ3n) is 0. The van der Waals surface area contributed by atoms with Crippen molar-refractivity contribution in [2.75, 3.05) is 0 Å². The van der Waals surface area contributed by atoms with Crippen molar-refractivity contribution in [2.24, 2.45) is 0 Å². The van der Waals surface area contributed by atoms with Crippen LogP contribution in [-0.4, -0.2) is 23.5 Å². The number of hydrogen-bond acceptors (Lipinski definition) is 4. The lowest BCUT2D eigenvalue weighted by Crippen LogP contribution is -2.01. The average Bonchev–Trinajstić information content (AvgIpc) is 1.70. The minimum Gasteiger partial charge on any atom is -0.554 e. The van der Waals surface area contributed by atoms with E-state index in [0.717, 1.165) is 0 Å². The van der Waals surface area contributed by atoms with Gasteiger partial charge < -0.3 is 26.6 Å². The van der Waals surface area contributed by atoms with E-state index >= 15 is 0 Å². The van der Waals surface area contributed by atoms with E-state index in [1.54, 1.807) is 6.07 Å². The van der Waals surface area contributed by atoms with Crippen LogP contribution >= 0.6 is 0 Å². The fourth-order valence-corrected chi connectivity index (χ4v) is 0. The van der Waals surface area contributed by atoms with Crippen LogP contribution in [0.15, 0.2) is 0 Å². The highest BCUT2D eigenvalue weighted by Crippen LogP contribution is 1.21. The van der Waals surface area contributed by atoms with Crippen molar-refractivity contribution in [3.8, 4) is 6.07 Å². The molecule has 0 saturated heterocycles. The van der Waals surface area contributed by atoms with Gasteiger partial charge in [-0.25, -0.2) is 0 Å². The van der Waals surface area contributed by atoms with Crippen molar-refractivity contribution in [3.63, 3.8) is 0 Å². The van der Waals surface area contributed by atoms with Gasteiger partial charge in [0, 0.05) is 13.4 Å². The fraction of sp³-hybridized carbons (Fsp3) is 0.250. The van der Waals surface area contributed by atoms with Crippen molar-refractivity contribution < 1.29 is 25.3 Å². The lowest BCUT2D eigenvalue weighted by atomic mass is 11.0. The molecule has 11 heavy (non-hydrogen) atoms. The number of nitrogens with zero attached hydrogens (tertiary/aromatic N) is 1. The van der Waals surface area contributed by atoms with Gasteiger partial charge in [0.05, 0.1) is 6.07 Å². The quantitative estimate of drug-likeness (QED) is 0.403. The Bertz CT molecular complexity index is 83.0. The average molecular weight is 168 g/mol. The summed E-state index contributed by atoms with van der Waals surface area (Å²) in [6, 6.07) is 1.75. The molecule has 0 spiro atoms. The first-order valence-electron chi connectivity index (χ1n) is 1.69. The molecule has 0 amide bonds. The second-order valence-electron chi connectivity index (χ2n) is 0.425. The van der Waals surface area contributed by atoms with E-state index in [2.05, 4.69) is 0 Å². The second-order valence-corrected chi connectivity index (χ2v) is 0.425. The molecule has 0 radical (unpaired) electrons. The Balaban J connectivity index is -0.0000000150. The van der Waals surface area contributed by atoms with Crippen LogP contribution < -0.4 is 11.3 Å². The number of carbonyl (C=O) groups is 2. The number of carbonyl (C=O) groups excluding carboxylic acids is 1. The van der Waals surface area contributed by atoms with Crippen LogP contribution in [0, 0.1) is 11.3 Å². The maximum absolute atomic E-state index is 8.36. The van der Waals surface area contributed by atoms with Crippen molar-refractivity contribution in [2.45, 2.75) is 6.92 Å². The molecule has 7 nitrogen and oxygen atoms in total. The van der Waals surface area contributed by atoms with Gasteiger partial charge in [-0.05, 0) is 0 Å². The van der Waals surface area contributed by atoms with Crippen molar-refractivity contribution in [1.29, 1.82) is 5.26 Å². The zero-order chi connectivity index (χ0) is 8.12. The van der Waals surface area contributed by atoms with Gasteiger partial charge in [-0.3, -0.25) is 4.79 Å². The van der Waals surface area contributed by atoms with E-state index in [1.165, 1.54) is 6.92 Å². The van der Waals surface area contributed by atoms with E-state index in [4.69, 9.17) is 25.1 Å². The van der Waals surface area contributed by atoms with Gasteiger partial charge in [-0.15, -0.1) is 0 Å². The Hall–Kier alpha value is -1.65. The summed E-state index contributed by atoms with van der Waals surface area (Å²) in [7, 11) is 0. The molecule has 0 heterocycles. The van der Waals surface area contributed by atoms with Crippen LogP contribution in [0.5, 0.6) is 0 Å². The van der Waals surface area contributed by atoms with Crippen LogP contribution in [0.2, 0.25) is 0 Å². The van der Waals surface area contributed by atoms with Crippen molar-refractivity contribution in [3.05, 3.63) is 0 Å². The van der Waals surface area contributed by atoms with Gasteiger partial charge >= 0.3 is 0 Å². The minimum absolute atomic E-state index is 0. The van der Waals surface area contributed by atoms with Gasteiger partial charge in [0.25, 0.3) is 6.47 Å². The molecule has 0 rings (SSSR count). The number of hydrogen-bond donors (Lipinski definition) is 2. The summed E-state index contributed by atoms with van der Waals surface area (Å²) < 4.78 is 0. The van der Waals surface area contributed by atoms with Crippen molar-refractivity contribution >= 4 is 12.9 Å². The molecule has 0 fully saturated rings. The first kappa shape index (κ1) is 34.5. The van der Waals surface area contributed by atoms with Gasteiger partial charge in [0.15, 0.2) is 0 Å². The first-order chi connectivity index (χ1) is 4.24. The summed E-state index contributed by atoms with van der Waals surface area (Å²) >= 11 is 0. The highest BCUT2D eigenvalue weighted by atomic mass is 16.3. The predicted molar refractivity (Wildman–Crippen MR) is 35.6 cm³/mol. The molecule has 0 unspecified atom stereocenters. The Morgan fingerprint density at radius 1 is 1.55 bits per heavy atom. The second kappa shape index (κ2) is 248. The summed E-state index contributed by atoms with van der Waals surface area (Å²) in [5.41, 5.74) is 0. The van der Waals surface area contributed by atoms with Crippen LogP contribution in [0.1, 0.15) is 6.92 Å². The molecule has 68 valence electrons. The van der Waals surface area contributed by atoms with Crippen LogP contribution in [0.25, 0.3) is 0 Å². The zero-order valence-corrected chi connectivity index (χ0v) is 6.27. The van der Waals surface area contributed by atoms with E-state index in [9.17, 15) is 0 Å². The molecule has 0 aliphatic carbocycles. The highest BCUT2D eigenvalue weighted by Gasteiger charge is 1.22. The molecule has 7 N–H and O–H groups in total. The van der Waals surface area contributed by atoms with Crippen LogP contribution in [0.4, 0.5) is 0 Å². The number of nitriles is 1. The molecule has 0 aliphatic heterocycles. The topological polar surface area (TPSA) is 169 Å². The molecule has 0 atom stereocenters. The molecule has 0 bridgehead atoms. The predicted octanol–water partition coefficient (Wildman–Crippen LogP) is -1.85. The largest absolute Gasteiger partial charge is 0.554 e. The van der Waals surface area contributed by atoms with E-state index in [1.807, 2.05) is 0 Å². The van der Waals surface area contributed by atoms with E-state index in [-0.39, 0.29) is 18.1 Å². The highest BCUT2D eigenvalue weighted by molar-refractivity contribution is 5.32. The monoisotopic (exact) mass is 168 g/mol. The molecule has 0 aromatic heterocycles. The van der Waals surface area contributed by atoms with E-state index < -0.39 is 6.47 Å². The van der Waals surface area contributed by atoms with E-state index in [0.29, 0.717) is 0 Å². The minimum atomic E-state index is -0.500. The molecule has 7 heteroatoms. The van der Waals surface area contributed by atoms with Crippen LogP contribution in [0.3, 0.4) is 0 Å². The SMILES string of the molecule is CC#N.O.O=CO.O=C[O-].[NH4+]. The summed E-state index contributed by atoms with van der Waals surface area (Å²) in [4.78, 5) is 16.6. The normalized spacial score (nSPS) is 2.91. The molecule has 0 aromatic carbocycles. The van der Waals surface area contributed by atoms with Gasteiger partial charge in [0.1, 0.15) is 0 Å². The van der Waals surface area contributed by atoms with Crippen molar-refractivity contribution in [1.82, 2.24) is 6.15 Å². The van der Waals surface area contributed by atoms with Crippen LogP contribution in [-0.2, 0) is 9.59 Å². The molecule has 0 aromatic rings.